The number of aliphatic hydroxyl groups excluding tert-OH is 1. The van der Waals surface area contributed by atoms with Gasteiger partial charge < -0.3 is 65.3 Å². The highest BCUT2D eigenvalue weighted by atomic mass is 32.5. The number of anilines is 2. The van der Waals surface area contributed by atoms with E-state index < -0.39 is 71.5 Å². The first kappa shape index (κ1) is 52.3. The molecule has 5 aromatic rings. The molecule has 10 N–H and O–H groups in total. The van der Waals surface area contributed by atoms with E-state index in [0.717, 1.165) is 117 Å². The van der Waals surface area contributed by atoms with Crippen LogP contribution in [0.25, 0.3) is 16.7 Å². The van der Waals surface area contributed by atoms with Gasteiger partial charge in [-0.15, -0.1) is 0 Å². The third-order valence-electron chi connectivity index (χ3n) is 14.2. The topological polar surface area (TPSA) is 362 Å². The molecule has 30 heteroatoms. The number of nitrogen functional groups attached to an aromatic ring is 1. The molecule has 26 nitrogen and oxygen atoms in total. The van der Waals surface area contributed by atoms with Gasteiger partial charge in [0.05, 0.1) is 24.1 Å². The van der Waals surface area contributed by atoms with E-state index in [9.17, 15) is 53.3 Å². The molecule has 402 valence electrons. The number of aromatic nitrogens is 4. The van der Waals surface area contributed by atoms with Gasteiger partial charge in [-0.3, -0.25) is 13.9 Å². The van der Waals surface area contributed by atoms with Crippen molar-refractivity contribution in [2.24, 2.45) is 0 Å². The number of rotatable bonds is 15. The average molecular weight is 1130 g/mol. The second kappa shape index (κ2) is 20.2. The van der Waals surface area contributed by atoms with Gasteiger partial charge in [-0.2, -0.15) is 4.31 Å². The third kappa shape index (κ3) is 10.0. The average Bonchev–Trinajstić information content (AvgIpc) is 4.06. The fourth-order valence-corrected chi connectivity index (χ4v) is 15.0. The van der Waals surface area contributed by atoms with Crippen LogP contribution in [0.1, 0.15) is 86.0 Å². The van der Waals surface area contributed by atoms with Gasteiger partial charge in [-0.1, -0.05) is 0 Å². The maximum absolute atomic E-state index is 14.1. The number of amides is 2. The van der Waals surface area contributed by atoms with Gasteiger partial charge in [-0.05, 0) is 91.8 Å². The van der Waals surface area contributed by atoms with Gasteiger partial charge in [-0.25, -0.2) is 42.6 Å². The Labute approximate surface area is 436 Å². The molecule has 1 saturated heterocycles. The van der Waals surface area contributed by atoms with Crippen LogP contribution in [0.15, 0.2) is 43.0 Å². The van der Waals surface area contributed by atoms with E-state index in [1.54, 1.807) is 6.07 Å². The number of benzene rings is 3. The summed E-state index contributed by atoms with van der Waals surface area (Å²) in [5, 5.41) is 29.4. The number of imidazole rings is 1. The lowest BCUT2D eigenvalue weighted by molar-refractivity contribution is -0.0522. The molecule has 8 heterocycles. The molecule has 2 unspecified atom stereocenters. The number of carboxylic acid groups (broad SMARTS) is 1. The number of alkyl carbamates (subject to hydrolysis) is 1. The quantitative estimate of drug-likeness (QED) is 0.0402. The van der Waals surface area contributed by atoms with Crippen molar-refractivity contribution in [2.45, 2.75) is 75.9 Å². The van der Waals surface area contributed by atoms with E-state index in [-0.39, 0.29) is 41.2 Å². The van der Waals surface area contributed by atoms with Gasteiger partial charge in [0.25, 0.3) is 5.91 Å². The Morgan fingerprint density at radius 2 is 1.61 bits per heavy atom. The van der Waals surface area contributed by atoms with Gasteiger partial charge in [0, 0.05) is 77.8 Å². The van der Waals surface area contributed by atoms with Crippen molar-refractivity contribution in [1.29, 1.82) is 0 Å². The number of phosphoric acid groups is 2. The monoisotopic (exact) mass is 1130 g/mol. The first-order valence-corrected chi connectivity index (χ1v) is 29.9. The third-order valence-corrected chi connectivity index (χ3v) is 18.6. The Balaban J connectivity index is 0.837. The first-order valence-electron chi connectivity index (χ1n) is 24.3. The fraction of sp³-hybridized carbons (Fsp3) is 0.413. The lowest BCUT2D eigenvalue weighted by atomic mass is 9.81. The number of aliphatic hydroxyl groups is 1. The number of phosphoric ester groups is 1. The summed E-state index contributed by atoms with van der Waals surface area (Å²) in [5.74, 6) is -0.317. The molecule has 0 aliphatic carbocycles. The summed E-state index contributed by atoms with van der Waals surface area (Å²) in [6.45, 7) is -2.48. The van der Waals surface area contributed by atoms with E-state index in [1.165, 1.54) is 45.2 Å². The molecule has 2 aromatic heterocycles. The van der Waals surface area contributed by atoms with Crippen LogP contribution in [0.4, 0.5) is 16.3 Å². The number of aryl methyl sites for hydroxylation is 2. The number of fused-ring (bicyclic) bond motifs is 5. The fourth-order valence-electron chi connectivity index (χ4n) is 11.2. The Bertz CT molecular complexity index is 3550. The smallest absolute Gasteiger partial charge is 0.478 e. The van der Waals surface area contributed by atoms with Crippen molar-refractivity contribution in [2.75, 3.05) is 56.5 Å². The van der Waals surface area contributed by atoms with Crippen molar-refractivity contribution >= 4 is 80.4 Å². The highest BCUT2D eigenvalue weighted by Gasteiger charge is 2.50. The Kier molecular flexibility index (Phi) is 13.9. The number of carbonyl (C=O) groups is 3. The molecule has 6 aliphatic rings. The summed E-state index contributed by atoms with van der Waals surface area (Å²) in [6, 6.07) is 8.77. The molecule has 11 rings (SSSR count). The SMILES string of the molecule is Nc1ncnc2c1ncn2[C@@H]1O[C@H](COP(=O)(O)OP(=O)(O)OP(O)(O)=S)[C@@H](O)[C@H]1OC(=O)NCCNC(=O)c1ccc(C(=O)O)c(C2=c3cc4c5c(c3Oc3c2cc2c6c3CCCN6CCC2)CCC[N+]=5CCC4)c1. The zero-order valence-corrected chi connectivity index (χ0v) is 43.6. The summed E-state index contributed by atoms with van der Waals surface area (Å²) in [6.07, 6.45) is 1.78. The minimum Gasteiger partial charge on any atom is -0.478 e. The first-order chi connectivity index (χ1) is 36.2. The van der Waals surface area contributed by atoms with Crippen LogP contribution in [0.3, 0.4) is 0 Å². The predicted molar refractivity (Wildman–Crippen MR) is 270 cm³/mol. The largest absolute Gasteiger partial charge is 0.488 e. The van der Waals surface area contributed by atoms with Crippen LogP contribution in [0.2, 0.25) is 0 Å². The van der Waals surface area contributed by atoms with Crippen LogP contribution < -0.4 is 41.2 Å². The van der Waals surface area contributed by atoms with Crippen LogP contribution in [0, 0.1) is 0 Å². The summed E-state index contributed by atoms with van der Waals surface area (Å²) < 4.78 is 59.7. The van der Waals surface area contributed by atoms with Crippen LogP contribution in [0.5, 0.6) is 11.5 Å². The van der Waals surface area contributed by atoms with E-state index >= 15 is 0 Å². The number of carbonyl (C=O) groups excluding carboxylic acids is 2. The summed E-state index contributed by atoms with van der Waals surface area (Å²) >= 11 is 4.11. The lowest BCUT2D eigenvalue weighted by Crippen LogP contribution is -2.45. The molecule has 0 radical (unpaired) electrons. The van der Waals surface area contributed by atoms with Crippen LogP contribution in [-0.4, -0.2) is 131 Å². The molecule has 1 fully saturated rings. The number of nitrogens with two attached hydrogens (primary N) is 1. The highest BCUT2D eigenvalue weighted by Crippen LogP contribution is 2.66. The van der Waals surface area contributed by atoms with Crippen LogP contribution in [-0.2, 0) is 69.2 Å². The lowest BCUT2D eigenvalue weighted by Gasteiger charge is -2.39. The molecule has 0 saturated carbocycles. The second-order valence-corrected chi connectivity index (χ2v) is 24.8. The van der Waals surface area contributed by atoms with Crippen molar-refractivity contribution in [3.8, 4) is 11.5 Å². The molecule has 6 atom stereocenters. The number of carboxylic acids is 1. The Morgan fingerprint density at radius 1 is 0.868 bits per heavy atom. The zero-order chi connectivity index (χ0) is 53.4. The number of hydrogen-bond donors (Lipinski definition) is 9. The van der Waals surface area contributed by atoms with E-state index in [1.807, 2.05) is 0 Å². The van der Waals surface area contributed by atoms with Gasteiger partial charge >= 0.3 is 34.4 Å². The molecule has 76 heavy (non-hydrogen) atoms. The Morgan fingerprint density at radius 3 is 2.38 bits per heavy atom. The maximum atomic E-state index is 14.1. The van der Waals surface area contributed by atoms with E-state index in [0.29, 0.717) is 11.1 Å². The summed E-state index contributed by atoms with van der Waals surface area (Å²) in [4.78, 5) is 93.6. The Hall–Kier alpha value is -5.76. The standard InChI is InChI=1S/C46H50N9O17P3S/c47-41-34-42(51-21-50-41)55(22-52-34)44-40(37(56)32(68-44)20-67-73(61,62)71-74(63,64)72-75(65,66)76)70-46(60)49-12-11-48-43(57)25-9-10-26(45(58)59)29(19-25)33-30-17-23-5-1-13-53-15-3-7-27(35(23)53)38(30)69-39-28-8-4-16-54-14-2-6-24(36(28)54)18-31(33)39/h9-10,17-19,21-22,32,37,40,44,56H,1-8,11-16,20H2,(H8-,47,48,49,50,51,57,58,59,60,61,62,63,64,65,66,76)/p+1/t32-,37-,40-,44-/m1/s1. The van der Waals surface area contributed by atoms with Gasteiger partial charge in [0.15, 0.2) is 23.8 Å². The van der Waals surface area contributed by atoms with Crippen LogP contribution >= 0.6 is 22.4 Å². The zero-order valence-electron chi connectivity index (χ0n) is 40.1. The normalized spacial score (nSPS) is 22.0. The van der Waals surface area contributed by atoms with Crippen molar-refractivity contribution < 1.29 is 80.7 Å². The van der Waals surface area contributed by atoms with E-state index in [4.69, 9.17) is 24.5 Å². The van der Waals surface area contributed by atoms with Crippen molar-refractivity contribution in [3.05, 3.63) is 98.1 Å². The molecular weight excluding hydrogens is 1080 g/mol. The minimum atomic E-state index is -5.68. The summed E-state index contributed by atoms with van der Waals surface area (Å²) in [7, 11) is -11.3. The molecule has 0 bridgehead atoms. The van der Waals surface area contributed by atoms with Crippen molar-refractivity contribution in [3.63, 3.8) is 0 Å². The van der Waals surface area contributed by atoms with Crippen molar-refractivity contribution in [1.82, 2.24) is 34.7 Å². The summed E-state index contributed by atoms with van der Waals surface area (Å²) in [5.41, 5.74) is 13.9. The molecule has 3 aromatic carbocycles. The van der Waals surface area contributed by atoms with Gasteiger partial charge in [0.1, 0.15) is 48.6 Å². The number of aromatic carboxylic acids is 1. The molecule has 2 amide bonds. The number of ether oxygens (including phenoxy) is 3. The minimum absolute atomic E-state index is 0.00966. The molecule has 6 aliphatic heterocycles. The second-order valence-electron chi connectivity index (χ2n) is 19.0. The number of nitrogens with one attached hydrogen (secondary N) is 2. The number of nitrogens with zero attached hydrogens (tertiary/aromatic N) is 6. The predicted octanol–water partition coefficient (Wildman–Crippen LogP) is 1.78. The number of hydrogen-bond acceptors (Lipinski definition) is 18. The maximum Gasteiger partial charge on any atom is 0.488 e. The van der Waals surface area contributed by atoms with Gasteiger partial charge in [0.2, 0.25) is 5.36 Å². The molecule has 0 spiro atoms. The molecular formula is C46H51N9O17P3S+. The highest BCUT2D eigenvalue weighted by molar-refractivity contribution is 8.08. The van der Waals surface area contributed by atoms with E-state index in [2.05, 4.69) is 67.6 Å².